The molecule has 0 bridgehead atoms. The maximum absolute atomic E-state index is 11.6. The van der Waals surface area contributed by atoms with Gasteiger partial charge in [-0.15, -0.1) is 0 Å². The van der Waals surface area contributed by atoms with Crippen molar-refractivity contribution in [3.63, 3.8) is 0 Å². The van der Waals surface area contributed by atoms with Crippen LogP contribution < -0.4 is 5.56 Å². The summed E-state index contributed by atoms with van der Waals surface area (Å²) in [6.45, 7) is 3.08. The normalized spacial score (nSPS) is 20.2. The van der Waals surface area contributed by atoms with Gasteiger partial charge in [-0.1, -0.05) is 6.07 Å². The standard InChI is InChI=1S/C13H18N2O4/c1-18-13(17)11-10-14(8-9-19-11)6-7-15-5-3-2-4-12(15)16/h2-5,11H,6-10H2,1H3. The second kappa shape index (κ2) is 6.49. The molecule has 0 spiro atoms. The topological polar surface area (TPSA) is 60.8 Å². The zero-order chi connectivity index (χ0) is 13.7. The molecular formula is C13H18N2O4. The Bertz CT molecular complexity index is 486. The summed E-state index contributed by atoms with van der Waals surface area (Å²) in [6, 6.07) is 5.09. The number of methoxy groups -OCH3 is 1. The number of pyridine rings is 1. The molecule has 0 radical (unpaired) electrons. The first-order chi connectivity index (χ1) is 9.20. The van der Waals surface area contributed by atoms with Gasteiger partial charge in [-0.05, 0) is 6.07 Å². The third kappa shape index (κ3) is 3.65. The highest BCUT2D eigenvalue weighted by Crippen LogP contribution is 2.06. The summed E-state index contributed by atoms with van der Waals surface area (Å²) in [6.07, 6.45) is 1.24. The lowest BCUT2D eigenvalue weighted by Crippen LogP contribution is -2.47. The highest BCUT2D eigenvalue weighted by atomic mass is 16.6. The van der Waals surface area contributed by atoms with E-state index in [0.29, 0.717) is 26.2 Å². The van der Waals surface area contributed by atoms with Gasteiger partial charge in [-0.3, -0.25) is 9.69 Å². The van der Waals surface area contributed by atoms with Gasteiger partial charge in [0.05, 0.1) is 13.7 Å². The van der Waals surface area contributed by atoms with E-state index < -0.39 is 6.10 Å². The van der Waals surface area contributed by atoms with E-state index in [9.17, 15) is 9.59 Å². The number of hydrogen-bond acceptors (Lipinski definition) is 5. The van der Waals surface area contributed by atoms with Crippen molar-refractivity contribution in [3.8, 4) is 0 Å². The zero-order valence-corrected chi connectivity index (χ0v) is 10.9. The molecule has 1 saturated heterocycles. The molecule has 0 N–H and O–H groups in total. The van der Waals surface area contributed by atoms with E-state index in [4.69, 9.17) is 4.74 Å². The summed E-state index contributed by atoms with van der Waals surface area (Å²) in [5.74, 6) is -0.346. The summed E-state index contributed by atoms with van der Waals surface area (Å²) in [4.78, 5) is 25.1. The quantitative estimate of drug-likeness (QED) is 0.702. The lowest BCUT2D eigenvalue weighted by Gasteiger charge is -2.31. The van der Waals surface area contributed by atoms with Crippen LogP contribution in [-0.4, -0.2) is 54.9 Å². The Hall–Kier alpha value is -1.66. The molecule has 6 heteroatoms. The molecule has 1 aromatic rings. The van der Waals surface area contributed by atoms with Crippen LogP contribution in [0.3, 0.4) is 0 Å². The third-order valence-electron chi connectivity index (χ3n) is 3.17. The number of morpholine rings is 1. The predicted molar refractivity (Wildman–Crippen MR) is 68.9 cm³/mol. The Kier molecular flexibility index (Phi) is 4.70. The molecule has 1 aliphatic heterocycles. The Labute approximate surface area is 111 Å². The van der Waals surface area contributed by atoms with Gasteiger partial charge in [-0.25, -0.2) is 4.79 Å². The van der Waals surface area contributed by atoms with Gasteiger partial charge >= 0.3 is 5.97 Å². The number of nitrogens with zero attached hydrogens (tertiary/aromatic N) is 2. The minimum atomic E-state index is -0.522. The fraction of sp³-hybridized carbons (Fsp3) is 0.538. The van der Waals surface area contributed by atoms with Crippen LogP contribution in [-0.2, 0) is 20.8 Å². The van der Waals surface area contributed by atoms with Gasteiger partial charge in [-0.2, -0.15) is 0 Å². The molecule has 1 atom stereocenters. The van der Waals surface area contributed by atoms with Crippen LogP contribution in [0.25, 0.3) is 0 Å². The lowest BCUT2D eigenvalue weighted by atomic mass is 10.2. The molecule has 0 aliphatic carbocycles. The van der Waals surface area contributed by atoms with Crippen LogP contribution in [0.5, 0.6) is 0 Å². The monoisotopic (exact) mass is 266 g/mol. The number of esters is 1. The van der Waals surface area contributed by atoms with E-state index in [-0.39, 0.29) is 11.5 Å². The summed E-state index contributed by atoms with van der Waals surface area (Å²) < 4.78 is 11.7. The van der Waals surface area contributed by atoms with Crippen molar-refractivity contribution < 1.29 is 14.3 Å². The molecule has 1 fully saturated rings. The van der Waals surface area contributed by atoms with Crippen LogP contribution in [0.2, 0.25) is 0 Å². The van der Waals surface area contributed by atoms with Crippen LogP contribution in [0.15, 0.2) is 29.2 Å². The summed E-state index contributed by atoms with van der Waals surface area (Å²) >= 11 is 0. The second-order valence-electron chi connectivity index (χ2n) is 4.42. The second-order valence-corrected chi connectivity index (χ2v) is 4.42. The first-order valence-corrected chi connectivity index (χ1v) is 6.28. The lowest BCUT2D eigenvalue weighted by molar-refractivity contribution is -0.159. The molecule has 0 saturated carbocycles. The third-order valence-corrected chi connectivity index (χ3v) is 3.17. The number of carbonyl (C=O) groups excluding carboxylic acids is 1. The molecule has 2 rings (SSSR count). The van der Waals surface area contributed by atoms with E-state index in [1.807, 2.05) is 6.07 Å². The fourth-order valence-corrected chi connectivity index (χ4v) is 2.07. The average molecular weight is 266 g/mol. The Morgan fingerprint density at radius 2 is 2.32 bits per heavy atom. The van der Waals surface area contributed by atoms with Gasteiger partial charge in [0.2, 0.25) is 0 Å². The minimum absolute atomic E-state index is 0.0136. The van der Waals surface area contributed by atoms with Crippen molar-refractivity contribution in [2.24, 2.45) is 0 Å². The molecule has 1 aliphatic rings. The Morgan fingerprint density at radius 1 is 1.47 bits per heavy atom. The van der Waals surface area contributed by atoms with Crippen molar-refractivity contribution in [1.29, 1.82) is 0 Å². The predicted octanol–water partition coefficient (Wildman–Crippen LogP) is -0.278. The van der Waals surface area contributed by atoms with Gasteiger partial charge in [0, 0.05) is 38.4 Å². The summed E-state index contributed by atoms with van der Waals surface area (Å²) in [5, 5.41) is 0. The molecule has 2 heterocycles. The summed E-state index contributed by atoms with van der Waals surface area (Å²) in [7, 11) is 1.36. The van der Waals surface area contributed by atoms with Crippen molar-refractivity contribution in [3.05, 3.63) is 34.7 Å². The van der Waals surface area contributed by atoms with Gasteiger partial charge in [0.25, 0.3) is 5.56 Å². The number of carbonyl (C=O) groups is 1. The first-order valence-electron chi connectivity index (χ1n) is 6.28. The molecular weight excluding hydrogens is 248 g/mol. The number of rotatable bonds is 4. The molecule has 104 valence electrons. The SMILES string of the molecule is COC(=O)C1CN(CCn2ccccc2=O)CCO1. The first kappa shape index (κ1) is 13.8. The highest BCUT2D eigenvalue weighted by molar-refractivity contribution is 5.74. The van der Waals surface area contributed by atoms with Crippen molar-refractivity contribution in [2.45, 2.75) is 12.6 Å². The Balaban J connectivity index is 1.88. The van der Waals surface area contributed by atoms with Gasteiger partial charge in [0.1, 0.15) is 0 Å². The van der Waals surface area contributed by atoms with Crippen LogP contribution in [0.4, 0.5) is 0 Å². The van der Waals surface area contributed by atoms with Crippen molar-refractivity contribution >= 4 is 5.97 Å². The minimum Gasteiger partial charge on any atom is -0.467 e. The van der Waals surface area contributed by atoms with Crippen LogP contribution >= 0.6 is 0 Å². The van der Waals surface area contributed by atoms with Crippen LogP contribution in [0.1, 0.15) is 0 Å². The van der Waals surface area contributed by atoms with E-state index >= 15 is 0 Å². The molecule has 19 heavy (non-hydrogen) atoms. The maximum Gasteiger partial charge on any atom is 0.336 e. The van der Waals surface area contributed by atoms with E-state index in [2.05, 4.69) is 9.64 Å². The molecule has 0 amide bonds. The maximum atomic E-state index is 11.6. The molecule has 1 unspecified atom stereocenters. The fourth-order valence-electron chi connectivity index (χ4n) is 2.07. The van der Waals surface area contributed by atoms with E-state index in [1.165, 1.54) is 13.2 Å². The van der Waals surface area contributed by atoms with E-state index in [0.717, 1.165) is 6.54 Å². The molecule has 1 aromatic heterocycles. The average Bonchev–Trinajstić information content (AvgIpc) is 2.46. The van der Waals surface area contributed by atoms with Crippen molar-refractivity contribution in [2.75, 3.05) is 33.4 Å². The van der Waals surface area contributed by atoms with E-state index in [1.54, 1.807) is 16.8 Å². The van der Waals surface area contributed by atoms with Crippen LogP contribution in [0, 0.1) is 0 Å². The number of aromatic nitrogens is 1. The van der Waals surface area contributed by atoms with Gasteiger partial charge < -0.3 is 14.0 Å². The Morgan fingerprint density at radius 3 is 3.05 bits per heavy atom. The zero-order valence-electron chi connectivity index (χ0n) is 10.9. The highest BCUT2D eigenvalue weighted by Gasteiger charge is 2.26. The summed E-state index contributed by atoms with van der Waals surface area (Å²) in [5.41, 5.74) is -0.0136. The van der Waals surface area contributed by atoms with Crippen molar-refractivity contribution in [1.82, 2.24) is 9.47 Å². The largest absolute Gasteiger partial charge is 0.467 e. The smallest absolute Gasteiger partial charge is 0.336 e. The molecule has 6 nitrogen and oxygen atoms in total. The number of hydrogen-bond donors (Lipinski definition) is 0. The van der Waals surface area contributed by atoms with Gasteiger partial charge in [0.15, 0.2) is 6.10 Å². The molecule has 0 aromatic carbocycles. The number of ether oxygens (including phenoxy) is 2.